The summed E-state index contributed by atoms with van der Waals surface area (Å²) in [6, 6.07) is 5.59. The van der Waals surface area contributed by atoms with Crippen molar-refractivity contribution in [2.75, 3.05) is 33.9 Å². The number of fused-ring (bicyclic) bond motifs is 1. The van der Waals surface area contributed by atoms with E-state index in [0.717, 1.165) is 10.4 Å². The zero-order valence-corrected chi connectivity index (χ0v) is 19.5. The molecule has 1 N–H and O–H groups in total. The number of esters is 1. The maximum atomic E-state index is 12.0. The molecule has 1 atom stereocenters. The molecular formula is C22H28N4O5S. The molecule has 1 aromatic carbocycles. The molecule has 0 bridgehead atoms. The number of carbonyl (C=O) groups excluding carboxylic acids is 1. The van der Waals surface area contributed by atoms with Crippen molar-refractivity contribution in [1.82, 2.24) is 19.5 Å². The molecular weight excluding hydrogens is 432 g/mol. The summed E-state index contributed by atoms with van der Waals surface area (Å²) in [7, 11) is 3.04. The highest BCUT2D eigenvalue weighted by molar-refractivity contribution is 7.17. The smallest absolute Gasteiger partial charge is 0.308 e. The van der Waals surface area contributed by atoms with Crippen molar-refractivity contribution in [1.29, 1.82) is 0 Å². The van der Waals surface area contributed by atoms with Gasteiger partial charge in [-0.25, -0.2) is 4.98 Å². The van der Waals surface area contributed by atoms with Crippen LogP contribution in [-0.2, 0) is 9.53 Å². The summed E-state index contributed by atoms with van der Waals surface area (Å²) >= 11 is 1.41. The van der Waals surface area contributed by atoms with Crippen LogP contribution < -0.4 is 9.47 Å². The van der Waals surface area contributed by atoms with Crippen molar-refractivity contribution in [2.45, 2.75) is 32.7 Å². The normalized spacial score (nSPS) is 16.2. The summed E-state index contributed by atoms with van der Waals surface area (Å²) in [6.07, 6.45) is 1.38. The van der Waals surface area contributed by atoms with Gasteiger partial charge in [0, 0.05) is 0 Å². The van der Waals surface area contributed by atoms with Crippen molar-refractivity contribution < 1.29 is 24.1 Å². The summed E-state index contributed by atoms with van der Waals surface area (Å²) in [5.41, 5.74) is 0.957. The van der Waals surface area contributed by atoms with Gasteiger partial charge in [-0.15, -0.1) is 5.10 Å². The first kappa shape index (κ1) is 22.3. The maximum Gasteiger partial charge on any atom is 0.308 e. The van der Waals surface area contributed by atoms with Crippen LogP contribution in [0.4, 0.5) is 0 Å². The third-order valence-electron chi connectivity index (χ3n) is 5.79. The minimum atomic E-state index is -0.244. The summed E-state index contributed by atoms with van der Waals surface area (Å²) in [5.74, 6) is 1.72. The lowest BCUT2D eigenvalue weighted by molar-refractivity contribution is -0.147. The molecule has 0 spiro atoms. The number of aromatic hydroxyl groups is 1. The molecule has 32 heavy (non-hydrogen) atoms. The molecule has 3 aromatic rings. The van der Waals surface area contributed by atoms with E-state index < -0.39 is 0 Å². The quantitative estimate of drug-likeness (QED) is 0.537. The molecule has 1 saturated heterocycles. The molecule has 0 unspecified atom stereocenters. The van der Waals surface area contributed by atoms with Crippen LogP contribution in [0.3, 0.4) is 0 Å². The van der Waals surface area contributed by atoms with E-state index in [2.05, 4.69) is 15.0 Å². The molecule has 4 rings (SSSR count). The topological polar surface area (TPSA) is 98.4 Å². The number of rotatable bonds is 7. The molecule has 0 amide bonds. The van der Waals surface area contributed by atoms with Crippen LogP contribution in [0.5, 0.6) is 17.4 Å². The molecule has 1 aliphatic heterocycles. The van der Waals surface area contributed by atoms with Gasteiger partial charge < -0.3 is 19.3 Å². The van der Waals surface area contributed by atoms with Gasteiger partial charge in [0.2, 0.25) is 10.8 Å². The lowest BCUT2D eigenvalue weighted by atomic mass is 9.93. The van der Waals surface area contributed by atoms with E-state index in [4.69, 9.17) is 14.2 Å². The highest BCUT2D eigenvalue weighted by Crippen LogP contribution is 2.43. The van der Waals surface area contributed by atoms with Gasteiger partial charge in [-0.3, -0.25) is 9.69 Å². The predicted octanol–water partition coefficient (Wildman–Crippen LogP) is 3.19. The molecule has 0 saturated carbocycles. The van der Waals surface area contributed by atoms with Gasteiger partial charge in [0.05, 0.1) is 37.7 Å². The zero-order chi connectivity index (χ0) is 22.8. The number of hydrogen-bond donors (Lipinski definition) is 1. The highest BCUT2D eigenvalue weighted by atomic mass is 32.1. The van der Waals surface area contributed by atoms with Gasteiger partial charge in [-0.1, -0.05) is 17.4 Å². The number of hydrogen-bond acceptors (Lipinski definition) is 9. The Balaban J connectivity index is 1.74. The Morgan fingerprint density at radius 2 is 2.03 bits per heavy atom. The number of aromatic nitrogens is 3. The summed E-state index contributed by atoms with van der Waals surface area (Å²) in [6.45, 7) is 5.63. The number of thiazole rings is 1. The first-order valence-corrected chi connectivity index (χ1v) is 11.5. The number of carbonyl (C=O) groups is 1. The Hall–Kier alpha value is -2.85. The Labute approximate surface area is 190 Å². The van der Waals surface area contributed by atoms with Crippen molar-refractivity contribution in [2.24, 2.45) is 5.92 Å². The minimum absolute atomic E-state index is 0.0820. The largest absolute Gasteiger partial charge is 0.493 e. The van der Waals surface area contributed by atoms with Crippen LogP contribution in [-0.4, -0.2) is 64.5 Å². The van der Waals surface area contributed by atoms with E-state index in [1.54, 1.807) is 14.0 Å². The molecule has 3 heterocycles. The van der Waals surface area contributed by atoms with Gasteiger partial charge in [0.25, 0.3) is 0 Å². The van der Waals surface area contributed by atoms with Crippen molar-refractivity contribution in [3.05, 3.63) is 34.5 Å². The van der Waals surface area contributed by atoms with E-state index >= 15 is 0 Å². The second-order valence-corrected chi connectivity index (χ2v) is 8.73. The van der Waals surface area contributed by atoms with E-state index in [9.17, 15) is 9.90 Å². The number of piperidine rings is 1. The monoisotopic (exact) mass is 460 g/mol. The first-order valence-electron chi connectivity index (χ1n) is 10.6. The van der Waals surface area contributed by atoms with Gasteiger partial charge in [0.15, 0.2) is 11.5 Å². The second-order valence-electron chi connectivity index (χ2n) is 7.72. The van der Waals surface area contributed by atoms with Crippen molar-refractivity contribution in [3.8, 4) is 17.4 Å². The third kappa shape index (κ3) is 4.12. The van der Waals surface area contributed by atoms with E-state index in [1.165, 1.54) is 23.0 Å². The number of nitrogens with zero attached hydrogens (tertiary/aromatic N) is 4. The van der Waals surface area contributed by atoms with Gasteiger partial charge in [-0.2, -0.15) is 4.52 Å². The number of aryl methyl sites for hydroxylation is 1. The summed E-state index contributed by atoms with van der Waals surface area (Å²) < 4.78 is 17.7. The van der Waals surface area contributed by atoms with Crippen LogP contribution in [0, 0.1) is 12.8 Å². The Bertz CT molecular complexity index is 1100. The fraction of sp³-hybridized carbons (Fsp3) is 0.500. The lowest BCUT2D eigenvalue weighted by Gasteiger charge is -2.36. The second kappa shape index (κ2) is 9.33. The van der Waals surface area contributed by atoms with Crippen LogP contribution >= 0.6 is 11.3 Å². The van der Waals surface area contributed by atoms with Crippen molar-refractivity contribution in [3.63, 3.8) is 0 Å². The number of methoxy groups -OCH3 is 2. The molecule has 0 aliphatic carbocycles. The van der Waals surface area contributed by atoms with Crippen LogP contribution in [0.1, 0.15) is 42.1 Å². The van der Waals surface area contributed by atoms with E-state index in [-0.39, 0.29) is 23.8 Å². The number of ether oxygens (including phenoxy) is 3. The van der Waals surface area contributed by atoms with Crippen molar-refractivity contribution >= 4 is 22.3 Å². The highest BCUT2D eigenvalue weighted by Gasteiger charge is 2.34. The van der Waals surface area contributed by atoms with E-state index in [1.807, 2.05) is 25.1 Å². The molecule has 10 heteroatoms. The molecule has 172 valence electrons. The minimum Gasteiger partial charge on any atom is -0.493 e. The summed E-state index contributed by atoms with van der Waals surface area (Å²) in [5, 5.41) is 15.3. The Morgan fingerprint density at radius 1 is 1.28 bits per heavy atom. The third-order valence-corrected chi connectivity index (χ3v) is 6.86. The standard InChI is InChI=1S/C22H28N4O5S/c1-5-31-16-7-6-15(12-17(16)29-3)18(25-10-8-14(9-11-25)21(28)30-4)19-20(27)26-22(32-19)23-13(2)24-26/h6-7,12,14,18,27H,5,8-11H2,1-4H3/t18-/m0/s1. The predicted molar refractivity (Wildman–Crippen MR) is 120 cm³/mol. The average Bonchev–Trinajstić information content (AvgIpc) is 3.31. The number of benzene rings is 1. The fourth-order valence-electron chi connectivity index (χ4n) is 4.24. The molecule has 9 nitrogen and oxygen atoms in total. The average molecular weight is 461 g/mol. The van der Waals surface area contributed by atoms with Gasteiger partial charge in [-0.05, 0) is 57.5 Å². The Morgan fingerprint density at radius 3 is 2.66 bits per heavy atom. The fourth-order valence-corrected chi connectivity index (χ4v) is 5.41. The summed E-state index contributed by atoms with van der Waals surface area (Å²) in [4.78, 5) is 20.1. The lowest BCUT2D eigenvalue weighted by Crippen LogP contribution is -2.39. The molecule has 1 aliphatic rings. The van der Waals surface area contributed by atoms with Crippen LogP contribution in [0.15, 0.2) is 18.2 Å². The SMILES string of the molecule is CCOc1ccc([C@@H](c2sc3nc(C)nn3c2O)N2CCC(C(=O)OC)CC2)cc1OC. The van der Waals surface area contributed by atoms with E-state index in [0.29, 0.717) is 54.8 Å². The first-order chi connectivity index (χ1) is 15.5. The zero-order valence-electron chi connectivity index (χ0n) is 18.7. The van der Waals surface area contributed by atoms with Gasteiger partial charge >= 0.3 is 5.97 Å². The number of likely N-dealkylation sites (tertiary alicyclic amines) is 1. The molecule has 2 aromatic heterocycles. The Kier molecular flexibility index (Phi) is 6.52. The van der Waals surface area contributed by atoms with Crippen LogP contribution in [0.25, 0.3) is 4.96 Å². The molecule has 1 fully saturated rings. The van der Waals surface area contributed by atoms with Crippen LogP contribution in [0.2, 0.25) is 0 Å². The maximum absolute atomic E-state index is 12.0. The molecule has 0 radical (unpaired) electrons. The van der Waals surface area contributed by atoms with Gasteiger partial charge in [0.1, 0.15) is 5.82 Å².